The van der Waals surface area contributed by atoms with Gasteiger partial charge in [0.2, 0.25) is 0 Å². The summed E-state index contributed by atoms with van der Waals surface area (Å²) in [6.45, 7) is 26.5. The average molecular weight is 497 g/mol. The third-order valence-corrected chi connectivity index (χ3v) is 6.62. The van der Waals surface area contributed by atoms with Gasteiger partial charge in [0.05, 0.1) is 0 Å². The van der Waals surface area contributed by atoms with Gasteiger partial charge in [0.1, 0.15) is 6.10 Å². The molecule has 0 atom stereocenters. The summed E-state index contributed by atoms with van der Waals surface area (Å²) < 4.78 is 5.92. The fourth-order valence-corrected chi connectivity index (χ4v) is 4.59. The van der Waals surface area contributed by atoms with Gasteiger partial charge in [0, 0.05) is 0 Å². The molecule has 0 fully saturated rings. The Hall–Kier alpha value is -0.250. The molecule has 0 aliphatic carbocycles. The Morgan fingerprint density at radius 3 is 1.15 bits per heavy atom. The summed E-state index contributed by atoms with van der Waals surface area (Å²) in [5.41, 5.74) is 6.56. The molecular weight excluding hydrogens is 450 g/mol. The third-order valence-electron chi connectivity index (χ3n) is 6.22. The van der Waals surface area contributed by atoms with Gasteiger partial charge in [-0.15, -0.1) is 0 Å². The maximum absolute atomic E-state index is 10.00. The molecule has 5 heteroatoms. The predicted molar refractivity (Wildman–Crippen MR) is 149 cm³/mol. The van der Waals surface area contributed by atoms with Crippen molar-refractivity contribution in [2.45, 2.75) is 111 Å². The van der Waals surface area contributed by atoms with Crippen molar-refractivity contribution in [1.29, 1.82) is 0 Å². The summed E-state index contributed by atoms with van der Waals surface area (Å²) in [6.07, 6.45) is -0.572. The summed E-state index contributed by atoms with van der Waals surface area (Å²) in [5.74, 6) is 0. The Labute approximate surface area is 232 Å². The molecular formula is C29H46NaO3P. The van der Waals surface area contributed by atoms with E-state index in [2.05, 4.69) is 119 Å². The van der Waals surface area contributed by atoms with Gasteiger partial charge in [-0.25, -0.2) is 0 Å². The molecule has 186 valence electrons. The number of rotatable bonds is 4. The van der Waals surface area contributed by atoms with E-state index in [4.69, 9.17) is 4.52 Å². The SMILES string of the molecule is CC(C)(C)c1ccc(C(OP(O)O)c2ccc(C(C)(C)C)cc2C(C)(C)C)c(C(C)(C)C)c1.[NaH]. The van der Waals surface area contributed by atoms with E-state index in [9.17, 15) is 9.79 Å². The molecule has 0 radical (unpaired) electrons. The molecule has 0 saturated carbocycles. The summed E-state index contributed by atoms with van der Waals surface area (Å²) in [5, 5.41) is 0. The third kappa shape index (κ3) is 7.87. The molecule has 3 nitrogen and oxygen atoms in total. The first kappa shape index (κ1) is 31.8. The van der Waals surface area contributed by atoms with E-state index in [1.807, 2.05) is 0 Å². The van der Waals surface area contributed by atoms with Gasteiger partial charge in [0.25, 0.3) is 0 Å². The molecule has 0 aromatic heterocycles. The first-order valence-electron chi connectivity index (χ1n) is 11.9. The van der Waals surface area contributed by atoms with Crippen molar-refractivity contribution in [1.82, 2.24) is 0 Å². The Kier molecular flexibility index (Phi) is 10.3. The van der Waals surface area contributed by atoms with Gasteiger partial charge < -0.3 is 9.79 Å². The van der Waals surface area contributed by atoms with Gasteiger partial charge in [0.15, 0.2) is 0 Å². The van der Waals surface area contributed by atoms with E-state index in [0.717, 1.165) is 22.3 Å². The predicted octanol–water partition coefficient (Wildman–Crippen LogP) is 7.55. The van der Waals surface area contributed by atoms with Crippen LogP contribution in [0.4, 0.5) is 0 Å². The second-order valence-electron chi connectivity index (χ2n) is 13.3. The number of benzene rings is 2. The first-order valence-corrected chi connectivity index (χ1v) is 13.0. The molecule has 2 N–H and O–H groups in total. The van der Waals surface area contributed by atoms with Crippen molar-refractivity contribution in [3.63, 3.8) is 0 Å². The zero-order valence-electron chi connectivity index (χ0n) is 22.8. The topological polar surface area (TPSA) is 49.7 Å². The average Bonchev–Trinajstić information content (AvgIpc) is 2.62. The van der Waals surface area contributed by atoms with Crippen molar-refractivity contribution >= 4 is 38.2 Å². The normalized spacial score (nSPS) is 13.4. The standard InChI is InChI=1S/C29H45O3P.Na.H/c1-26(2,3)19-13-15-21(23(17-19)28(7,8)9)25(32-33(30)31)22-16-14-20(27(4,5)6)18-24(22)29(10,11)12;;/h13-18,25,30-31H,1-12H3;;. The van der Waals surface area contributed by atoms with E-state index < -0.39 is 14.7 Å². The number of hydrogen-bond acceptors (Lipinski definition) is 3. The van der Waals surface area contributed by atoms with Gasteiger partial charge in [-0.1, -0.05) is 119 Å². The van der Waals surface area contributed by atoms with Crippen molar-refractivity contribution in [2.75, 3.05) is 0 Å². The minimum absolute atomic E-state index is 0. The van der Waals surface area contributed by atoms with Crippen LogP contribution in [0.5, 0.6) is 0 Å². The molecule has 2 rings (SSSR count). The van der Waals surface area contributed by atoms with E-state index in [1.54, 1.807) is 0 Å². The Morgan fingerprint density at radius 1 is 0.588 bits per heavy atom. The zero-order chi connectivity index (χ0) is 25.6. The molecule has 0 aliphatic rings. The molecule has 0 aliphatic heterocycles. The molecule has 0 amide bonds. The van der Waals surface area contributed by atoms with E-state index >= 15 is 0 Å². The van der Waals surface area contributed by atoms with Crippen molar-refractivity contribution < 1.29 is 14.3 Å². The van der Waals surface area contributed by atoms with Crippen LogP contribution in [-0.4, -0.2) is 39.3 Å². The summed E-state index contributed by atoms with van der Waals surface area (Å²) in [7, 11) is -2.54. The van der Waals surface area contributed by atoms with Crippen LogP contribution in [0.2, 0.25) is 0 Å². The van der Waals surface area contributed by atoms with Crippen LogP contribution in [0.25, 0.3) is 0 Å². The Bertz CT molecular complexity index is 895. The second kappa shape index (κ2) is 11.0. The monoisotopic (exact) mass is 496 g/mol. The van der Waals surface area contributed by atoms with Crippen molar-refractivity contribution in [3.8, 4) is 0 Å². The first-order chi connectivity index (χ1) is 14.7. The second-order valence-corrected chi connectivity index (χ2v) is 14.1. The van der Waals surface area contributed by atoms with Crippen LogP contribution >= 0.6 is 8.60 Å². The summed E-state index contributed by atoms with van der Waals surface area (Å²) in [6, 6.07) is 13.1. The molecule has 0 unspecified atom stereocenters. The van der Waals surface area contributed by atoms with E-state index in [1.165, 1.54) is 11.1 Å². The van der Waals surface area contributed by atoms with Gasteiger partial charge in [-0.05, 0) is 55.0 Å². The molecule has 2 aromatic rings. The van der Waals surface area contributed by atoms with Crippen LogP contribution in [0.15, 0.2) is 36.4 Å². The quantitative estimate of drug-likeness (QED) is 0.339. The summed E-state index contributed by atoms with van der Waals surface area (Å²) in [4.78, 5) is 20.0. The van der Waals surface area contributed by atoms with Crippen LogP contribution in [0.3, 0.4) is 0 Å². The Balaban J connectivity index is 0.00000578. The molecule has 0 heterocycles. The Morgan fingerprint density at radius 2 is 0.912 bits per heavy atom. The minimum atomic E-state index is -2.54. The maximum atomic E-state index is 10.00. The van der Waals surface area contributed by atoms with Gasteiger partial charge >= 0.3 is 38.2 Å². The van der Waals surface area contributed by atoms with Crippen LogP contribution < -0.4 is 0 Å². The molecule has 34 heavy (non-hydrogen) atoms. The van der Waals surface area contributed by atoms with Gasteiger partial charge in [-0.2, -0.15) is 0 Å². The van der Waals surface area contributed by atoms with Gasteiger partial charge in [-0.3, -0.25) is 4.52 Å². The van der Waals surface area contributed by atoms with Crippen LogP contribution in [0.1, 0.15) is 123 Å². The fourth-order valence-electron chi connectivity index (χ4n) is 4.18. The molecule has 0 spiro atoms. The van der Waals surface area contributed by atoms with Crippen molar-refractivity contribution in [2.24, 2.45) is 0 Å². The molecule has 0 saturated heterocycles. The van der Waals surface area contributed by atoms with E-state index in [0.29, 0.717) is 0 Å². The van der Waals surface area contributed by atoms with Crippen LogP contribution in [-0.2, 0) is 26.2 Å². The van der Waals surface area contributed by atoms with Crippen LogP contribution in [0, 0.1) is 0 Å². The number of hydrogen-bond donors (Lipinski definition) is 2. The van der Waals surface area contributed by atoms with Crippen molar-refractivity contribution in [3.05, 3.63) is 69.8 Å². The summed E-state index contributed by atoms with van der Waals surface area (Å²) >= 11 is 0. The fraction of sp³-hybridized carbons (Fsp3) is 0.586. The molecule has 2 aromatic carbocycles. The molecule has 0 bridgehead atoms. The zero-order valence-corrected chi connectivity index (χ0v) is 23.7. The van der Waals surface area contributed by atoms with E-state index in [-0.39, 0.29) is 51.2 Å².